The van der Waals surface area contributed by atoms with Crippen LogP contribution in [0, 0.1) is 4.77 Å². The number of ether oxygens (including phenoxy) is 1. The lowest BCUT2D eigenvalue weighted by Crippen LogP contribution is -1.98. The molecule has 1 aliphatic rings. The lowest BCUT2D eigenvalue weighted by molar-refractivity contribution is 0.309. The van der Waals surface area contributed by atoms with Crippen molar-refractivity contribution < 1.29 is 4.74 Å². The molecule has 6 heteroatoms. The minimum absolute atomic E-state index is 0.499. The third-order valence-electron chi connectivity index (χ3n) is 3.59. The Morgan fingerprint density at radius 1 is 1.41 bits per heavy atom. The van der Waals surface area contributed by atoms with E-state index in [1.54, 1.807) is 10.9 Å². The number of nitrogens with one attached hydrogen (secondary N) is 1. The number of H-pyrrole nitrogens is 1. The van der Waals surface area contributed by atoms with E-state index < -0.39 is 0 Å². The molecule has 1 N–H and O–H groups in total. The summed E-state index contributed by atoms with van der Waals surface area (Å²) in [6.45, 7) is 2.92. The molecule has 5 nitrogen and oxygen atoms in total. The number of rotatable bonds is 7. The quantitative estimate of drug-likeness (QED) is 0.479. The van der Waals surface area contributed by atoms with Gasteiger partial charge in [-0.25, -0.2) is 0 Å². The van der Waals surface area contributed by atoms with Gasteiger partial charge in [0.2, 0.25) is 4.77 Å². The SMILES string of the molecule is CCCCOc1ccc(/C=N\n2c(C3CC3)n[nH]c2=S)cc1. The van der Waals surface area contributed by atoms with Gasteiger partial charge in [0.05, 0.1) is 12.8 Å². The number of aromatic amines is 1. The van der Waals surface area contributed by atoms with Crippen molar-refractivity contribution in [1.29, 1.82) is 0 Å². The van der Waals surface area contributed by atoms with E-state index in [0.29, 0.717) is 10.7 Å². The van der Waals surface area contributed by atoms with Crippen LogP contribution in [0.25, 0.3) is 0 Å². The van der Waals surface area contributed by atoms with Crippen molar-refractivity contribution in [3.63, 3.8) is 0 Å². The van der Waals surface area contributed by atoms with Crippen molar-refractivity contribution in [3.05, 3.63) is 40.4 Å². The molecule has 22 heavy (non-hydrogen) atoms. The van der Waals surface area contributed by atoms with Crippen LogP contribution in [-0.4, -0.2) is 27.7 Å². The van der Waals surface area contributed by atoms with Gasteiger partial charge < -0.3 is 4.74 Å². The Bertz CT molecular complexity index is 698. The molecular weight excluding hydrogens is 296 g/mol. The molecule has 1 aliphatic carbocycles. The van der Waals surface area contributed by atoms with Crippen molar-refractivity contribution in [2.45, 2.75) is 38.5 Å². The maximum absolute atomic E-state index is 5.65. The van der Waals surface area contributed by atoms with E-state index in [1.807, 2.05) is 24.3 Å². The second-order valence-corrected chi connectivity index (χ2v) is 5.88. The molecule has 2 aromatic rings. The van der Waals surface area contributed by atoms with E-state index in [2.05, 4.69) is 22.2 Å². The molecule has 0 amide bonds. The fraction of sp³-hybridized carbons (Fsp3) is 0.438. The topological polar surface area (TPSA) is 55.2 Å². The predicted molar refractivity (Wildman–Crippen MR) is 89.2 cm³/mol. The van der Waals surface area contributed by atoms with Crippen LogP contribution in [0.15, 0.2) is 29.4 Å². The first kappa shape index (κ1) is 15.0. The van der Waals surface area contributed by atoms with Gasteiger partial charge in [0, 0.05) is 5.92 Å². The molecule has 0 bridgehead atoms. The number of hydrogen-bond donors (Lipinski definition) is 1. The smallest absolute Gasteiger partial charge is 0.216 e. The summed E-state index contributed by atoms with van der Waals surface area (Å²) in [7, 11) is 0. The van der Waals surface area contributed by atoms with Crippen molar-refractivity contribution >= 4 is 18.4 Å². The van der Waals surface area contributed by atoms with E-state index in [-0.39, 0.29) is 0 Å². The largest absolute Gasteiger partial charge is 0.494 e. The van der Waals surface area contributed by atoms with Crippen LogP contribution in [0.5, 0.6) is 5.75 Å². The van der Waals surface area contributed by atoms with Crippen LogP contribution < -0.4 is 4.74 Å². The van der Waals surface area contributed by atoms with Gasteiger partial charge >= 0.3 is 0 Å². The van der Waals surface area contributed by atoms with Gasteiger partial charge in [0.25, 0.3) is 0 Å². The molecule has 1 heterocycles. The first-order valence-electron chi connectivity index (χ1n) is 7.72. The van der Waals surface area contributed by atoms with E-state index >= 15 is 0 Å². The number of benzene rings is 1. The van der Waals surface area contributed by atoms with Crippen molar-refractivity contribution in [2.75, 3.05) is 6.61 Å². The maximum Gasteiger partial charge on any atom is 0.216 e. The molecule has 3 rings (SSSR count). The Balaban J connectivity index is 1.68. The zero-order valence-electron chi connectivity index (χ0n) is 12.7. The third-order valence-corrected chi connectivity index (χ3v) is 3.85. The summed E-state index contributed by atoms with van der Waals surface area (Å²) in [6.07, 6.45) is 6.34. The molecular formula is C16H20N4OS. The molecule has 0 atom stereocenters. The summed E-state index contributed by atoms with van der Waals surface area (Å²) < 4.78 is 7.91. The molecule has 0 radical (unpaired) electrons. The Labute approximate surface area is 135 Å². The highest BCUT2D eigenvalue weighted by atomic mass is 32.1. The second kappa shape index (κ2) is 6.87. The van der Waals surface area contributed by atoms with E-state index in [0.717, 1.165) is 36.6 Å². The average molecular weight is 316 g/mol. The van der Waals surface area contributed by atoms with Crippen LogP contribution in [0.4, 0.5) is 0 Å². The lowest BCUT2D eigenvalue weighted by Gasteiger charge is -2.05. The highest BCUT2D eigenvalue weighted by molar-refractivity contribution is 7.71. The van der Waals surface area contributed by atoms with Crippen LogP contribution in [0.2, 0.25) is 0 Å². The Kier molecular flexibility index (Phi) is 4.68. The number of nitrogens with zero attached hydrogens (tertiary/aromatic N) is 3. The Morgan fingerprint density at radius 2 is 2.18 bits per heavy atom. The molecule has 1 aromatic carbocycles. The first-order chi connectivity index (χ1) is 10.8. The third kappa shape index (κ3) is 3.62. The van der Waals surface area contributed by atoms with E-state index in [4.69, 9.17) is 17.0 Å². The van der Waals surface area contributed by atoms with E-state index in [1.165, 1.54) is 12.8 Å². The fourth-order valence-corrected chi connectivity index (χ4v) is 2.32. The number of hydrogen-bond acceptors (Lipinski definition) is 4. The highest BCUT2D eigenvalue weighted by Crippen LogP contribution is 2.38. The van der Waals surface area contributed by atoms with Gasteiger partial charge in [-0.2, -0.15) is 14.9 Å². The van der Waals surface area contributed by atoms with Gasteiger partial charge in [-0.05, 0) is 61.3 Å². The summed E-state index contributed by atoms with van der Waals surface area (Å²) in [6, 6.07) is 7.91. The number of unbranched alkanes of at least 4 members (excludes halogenated alkanes) is 1. The molecule has 1 saturated carbocycles. The molecule has 1 aromatic heterocycles. The zero-order valence-corrected chi connectivity index (χ0v) is 13.5. The van der Waals surface area contributed by atoms with Crippen LogP contribution >= 0.6 is 12.2 Å². The minimum Gasteiger partial charge on any atom is -0.494 e. The molecule has 0 unspecified atom stereocenters. The summed E-state index contributed by atoms with van der Waals surface area (Å²) in [4.78, 5) is 0. The second-order valence-electron chi connectivity index (χ2n) is 5.49. The van der Waals surface area contributed by atoms with Crippen molar-refractivity contribution in [2.24, 2.45) is 5.10 Å². The molecule has 0 spiro atoms. The predicted octanol–water partition coefficient (Wildman–Crippen LogP) is 3.88. The highest BCUT2D eigenvalue weighted by Gasteiger charge is 2.29. The van der Waals surface area contributed by atoms with Gasteiger partial charge in [0.15, 0.2) is 5.82 Å². The summed E-state index contributed by atoms with van der Waals surface area (Å²) in [5, 5.41) is 11.5. The van der Waals surface area contributed by atoms with Crippen LogP contribution in [-0.2, 0) is 0 Å². The van der Waals surface area contributed by atoms with Gasteiger partial charge in [-0.1, -0.05) is 13.3 Å². The molecule has 0 aliphatic heterocycles. The minimum atomic E-state index is 0.499. The Hall–Kier alpha value is -1.95. The van der Waals surface area contributed by atoms with Gasteiger partial charge in [0.1, 0.15) is 5.75 Å². The maximum atomic E-state index is 5.65. The Morgan fingerprint density at radius 3 is 2.86 bits per heavy atom. The summed E-state index contributed by atoms with van der Waals surface area (Å²) in [5.41, 5.74) is 1.01. The van der Waals surface area contributed by atoms with Crippen molar-refractivity contribution in [3.8, 4) is 5.75 Å². The summed E-state index contributed by atoms with van der Waals surface area (Å²) >= 11 is 5.23. The molecule has 1 fully saturated rings. The number of aromatic nitrogens is 3. The summed E-state index contributed by atoms with van der Waals surface area (Å²) in [5.74, 6) is 2.32. The van der Waals surface area contributed by atoms with Crippen molar-refractivity contribution in [1.82, 2.24) is 14.9 Å². The van der Waals surface area contributed by atoms with Crippen LogP contribution in [0.3, 0.4) is 0 Å². The normalized spacial score (nSPS) is 14.6. The van der Waals surface area contributed by atoms with Crippen LogP contribution in [0.1, 0.15) is 49.9 Å². The van der Waals surface area contributed by atoms with E-state index in [9.17, 15) is 0 Å². The molecule has 116 valence electrons. The fourth-order valence-electron chi connectivity index (χ4n) is 2.13. The zero-order chi connectivity index (χ0) is 15.4. The average Bonchev–Trinajstić information content (AvgIpc) is 3.31. The standard InChI is InChI=1S/C16H20N4OS/c1-2-3-10-21-14-8-4-12(5-9-14)11-17-20-15(13-6-7-13)18-19-16(20)22/h4-5,8-9,11,13H,2-3,6-7,10H2,1H3,(H,19,22)/b17-11-. The first-order valence-corrected chi connectivity index (χ1v) is 8.13. The lowest BCUT2D eigenvalue weighted by atomic mass is 10.2. The monoisotopic (exact) mass is 316 g/mol. The van der Waals surface area contributed by atoms with Gasteiger partial charge in [-0.15, -0.1) is 0 Å². The van der Waals surface area contributed by atoms with Gasteiger partial charge in [-0.3, -0.25) is 5.10 Å². The molecule has 0 saturated heterocycles.